The molecule has 0 saturated heterocycles. The zero-order valence-corrected chi connectivity index (χ0v) is 10.4. The zero-order valence-electron chi connectivity index (χ0n) is 8.84. The number of hydrogen-bond donors (Lipinski definition) is 0. The Balaban J connectivity index is 2.94. The quantitative estimate of drug-likeness (QED) is 0.765. The molecule has 1 aromatic rings. The van der Waals surface area contributed by atoms with Crippen LogP contribution in [-0.4, -0.2) is 29.8 Å². The molecule has 0 bridgehead atoms. The van der Waals surface area contributed by atoms with E-state index >= 15 is 0 Å². The summed E-state index contributed by atoms with van der Waals surface area (Å²) in [6.07, 6.45) is 0. The maximum absolute atomic E-state index is 13.5. The normalized spacial score (nSPS) is 10.2. The predicted octanol–water partition coefficient (Wildman–Crippen LogP) is 3.18. The van der Waals surface area contributed by atoms with Gasteiger partial charge in [-0.1, -0.05) is 11.6 Å². The van der Waals surface area contributed by atoms with Gasteiger partial charge in [0.15, 0.2) is 0 Å². The van der Waals surface area contributed by atoms with Crippen LogP contribution in [0.25, 0.3) is 0 Å². The van der Waals surface area contributed by atoms with Crippen molar-refractivity contribution >= 4 is 29.1 Å². The Morgan fingerprint density at radius 3 is 2.69 bits per heavy atom. The van der Waals surface area contributed by atoms with Crippen molar-refractivity contribution in [3.63, 3.8) is 0 Å². The van der Waals surface area contributed by atoms with Gasteiger partial charge in [-0.2, -0.15) is 0 Å². The molecule has 88 valence electrons. The molecular weight excluding hydrogens is 252 g/mol. The van der Waals surface area contributed by atoms with E-state index in [9.17, 15) is 9.18 Å². The van der Waals surface area contributed by atoms with Crippen molar-refractivity contribution in [3.05, 3.63) is 34.6 Å². The molecule has 0 aliphatic carbocycles. The van der Waals surface area contributed by atoms with Gasteiger partial charge in [0.2, 0.25) is 0 Å². The van der Waals surface area contributed by atoms with Gasteiger partial charge < -0.3 is 4.90 Å². The second-order valence-corrected chi connectivity index (χ2v) is 4.01. The Morgan fingerprint density at radius 1 is 1.50 bits per heavy atom. The third kappa shape index (κ3) is 3.09. The Morgan fingerprint density at radius 2 is 2.19 bits per heavy atom. The molecule has 5 heteroatoms. The van der Waals surface area contributed by atoms with Crippen LogP contribution in [-0.2, 0) is 0 Å². The predicted molar refractivity (Wildman–Crippen MR) is 63.7 cm³/mol. The highest BCUT2D eigenvalue weighted by molar-refractivity contribution is 6.30. The minimum atomic E-state index is -0.606. The Kier molecular flexibility index (Phi) is 5.03. The molecule has 0 radical (unpaired) electrons. The van der Waals surface area contributed by atoms with Gasteiger partial charge in [0.25, 0.3) is 5.91 Å². The molecule has 0 fully saturated rings. The summed E-state index contributed by atoms with van der Waals surface area (Å²) in [6.45, 7) is 2.71. The lowest BCUT2D eigenvalue weighted by atomic mass is 10.2. The molecule has 0 N–H and O–H groups in total. The number of alkyl halides is 1. The molecule has 16 heavy (non-hydrogen) atoms. The summed E-state index contributed by atoms with van der Waals surface area (Å²) in [7, 11) is 0. The Bertz CT molecular complexity index is 384. The highest BCUT2D eigenvalue weighted by atomic mass is 35.5. The standard InChI is InChI=1S/C11H12Cl2FNO/c1-2-15(6-5-12)11(16)9-4-3-8(13)7-10(9)14/h3-4,7H,2,5-6H2,1H3. The molecule has 1 amide bonds. The number of amides is 1. The molecule has 2 nitrogen and oxygen atoms in total. The fourth-order valence-electron chi connectivity index (χ4n) is 1.34. The Hall–Kier alpha value is -0.800. The molecule has 0 heterocycles. The van der Waals surface area contributed by atoms with Crippen LogP contribution in [0.3, 0.4) is 0 Å². The monoisotopic (exact) mass is 263 g/mol. The fraction of sp³-hybridized carbons (Fsp3) is 0.364. The van der Waals surface area contributed by atoms with Gasteiger partial charge in [-0.3, -0.25) is 4.79 Å². The summed E-state index contributed by atoms with van der Waals surface area (Å²) in [6, 6.07) is 4.01. The van der Waals surface area contributed by atoms with Crippen molar-refractivity contribution < 1.29 is 9.18 Å². The van der Waals surface area contributed by atoms with E-state index in [2.05, 4.69) is 0 Å². The van der Waals surface area contributed by atoms with Crippen LogP contribution in [0.1, 0.15) is 17.3 Å². The van der Waals surface area contributed by atoms with Crippen LogP contribution in [0.4, 0.5) is 4.39 Å². The first kappa shape index (κ1) is 13.3. The molecular formula is C11H12Cl2FNO. The van der Waals surface area contributed by atoms with E-state index in [-0.39, 0.29) is 16.5 Å². The first-order valence-electron chi connectivity index (χ1n) is 4.90. The van der Waals surface area contributed by atoms with Crippen LogP contribution >= 0.6 is 23.2 Å². The first-order valence-corrected chi connectivity index (χ1v) is 5.81. The van der Waals surface area contributed by atoms with Gasteiger partial charge in [0, 0.05) is 24.0 Å². The van der Waals surface area contributed by atoms with Crippen LogP contribution in [0.5, 0.6) is 0 Å². The molecule has 1 aromatic carbocycles. The van der Waals surface area contributed by atoms with Crippen LogP contribution in [0.2, 0.25) is 5.02 Å². The highest BCUT2D eigenvalue weighted by Gasteiger charge is 2.17. The van der Waals surface area contributed by atoms with Crippen LogP contribution in [0, 0.1) is 5.82 Å². The SMILES string of the molecule is CCN(CCCl)C(=O)c1ccc(Cl)cc1F. The molecule has 0 aliphatic rings. The maximum Gasteiger partial charge on any atom is 0.256 e. The average Bonchev–Trinajstić information content (AvgIpc) is 2.25. The topological polar surface area (TPSA) is 20.3 Å². The minimum absolute atomic E-state index is 0.0244. The highest BCUT2D eigenvalue weighted by Crippen LogP contribution is 2.16. The molecule has 1 rings (SSSR count). The molecule has 0 aliphatic heterocycles. The van der Waals surface area contributed by atoms with Crippen molar-refractivity contribution in [2.24, 2.45) is 0 Å². The molecule has 0 atom stereocenters. The lowest BCUT2D eigenvalue weighted by molar-refractivity contribution is 0.0769. The van der Waals surface area contributed by atoms with E-state index < -0.39 is 5.82 Å². The number of halogens is 3. The first-order chi connectivity index (χ1) is 7.60. The van der Waals surface area contributed by atoms with Gasteiger partial charge in [0.05, 0.1) is 5.56 Å². The lowest BCUT2D eigenvalue weighted by Gasteiger charge is -2.19. The second-order valence-electron chi connectivity index (χ2n) is 3.20. The Labute approximate surface area is 104 Å². The van der Waals surface area contributed by atoms with Crippen molar-refractivity contribution in [1.29, 1.82) is 0 Å². The van der Waals surface area contributed by atoms with E-state index in [0.717, 1.165) is 6.07 Å². The molecule has 0 unspecified atom stereocenters. The van der Waals surface area contributed by atoms with E-state index in [1.165, 1.54) is 17.0 Å². The fourth-order valence-corrected chi connectivity index (χ4v) is 1.70. The van der Waals surface area contributed by atoms with E-state index in [0.29, 0.717) is 19.0 Å². The maximum atomic E-state index is 13.5. The number of benzene rings is 1. The number of carbonyl (C=O) groups excluding carboxylic acids is 1. The minimum Gasteiger partial charge on any atom is -0.338 e. The third-order valence-electron chi connectivity index (χ3n) is 2.18. The summed E-state index contributed by atoms with van der Waals surface area (Å²) in [5, 5.41) is 0.273. The summed E-state index contributed by atoms with van der Waals surface area (Å²) in [5.41, 5.74) is 0.0244. The summed E-state index contributed by atoms with van der Waals surface area (Å²) >= 11 is 11.2. The second kappa shape index (κ2) is 6.06. The van der Waals surface area contributed by atoms with Crippen LogP contribution in [0.15, 0.2) is 18.2 Å². The smallest absolute Gasteiger partial charge is 0.256 e. The van der Waals surface area contributed by atoms with Crippen molar-refractivity contribution in [3.8, 4) is 0 Å². The van der Waals surface area contributed by atoms with Gasteiger partial charge in [-0.15, -0.1) is 11.6 Å². The van der Waals surface area contributed by atoms with Gasteiger partial charge in [0.1, 0.15) is 5.82 Å². The van der Waals surface area contributed by atoms with E-state index in [4.69, 9.17) is 23.2 Å². The van der Waals surface area contributed by atoms with Crippen molar-refractivity contribution in [2.45, 2.75) is 6.92 Å². The van der Waals surface area contributed by atoms with Gasteiger partial charge >= 0.3 is 0 Å². The number of carbonyl (C=O) groups is 1. The largest absolute Gasteiger partial charge is 0.338 e. The van der Waals surface area contributed by atoms with Gasteiger partial charge in [-0.25, -0.2) is 4.39 Å². The third-order valence-corrected chi connectivity index (χ3v) is 2.59. The number of nitrogens with zero attached hydrogens (tertiary/aromatic N) is 1. The van der Waals surface area contributed by atoms with Gasteiger partial charge in [-0.05, 0) is 25.1 Å². The van der Waals surface area contributed by atoms with E-state index in [1.807, 2.05) is 6.92 Å². The molecule has 0 aromatic heterocycles. The summed E-state index contributed by atoms with van der Waals surface area (Å²) in [5.74, 6) is -0.641. The summed E-state index contributed by atoms with van der Waals surface area (Å²) in [4.78, 5) is 13.4. The average molecular weight is 264 g/mol. The summed E-state index contributed by atoms with van der Waals surface area (Å²) < 4.78 is 13.5. The van der Waals surface area contributed by atoms with Crippen molar-refractivity contribution in [1.82, 2.24) is 4.90 Å². The lowest BCUT2D eigenvalue weighted by Crippen LogP contribution is -2.33. The molecule has 0 spiro atoms. The van der Waals surface area contributed by atoms with Crippen LogP contribution < -0.4 is 0 Å². The number of hydrogen-bond acceptors (Lipinski definition) is 1. The molecule has 0 saturated carbocycles. The van der Waals surface area contributed by atoms with Crippen molar-refractivity contribution in [2.75, 3.05) is 19.0 Å². The van der Waals surface area contributed by atoms with E-state index in [1.54, 1.807) is 0 Å². The number of rotatable bonds is 4. The zero-order chi connectivity index (χ0) is 12.1.